The monoisotopic (exact) mass is 212 g/mol. The summed E-state index contributed by atoms with van der Waals surface area (Å²) in [7, 11) is 0. The Bertz CT molecular complexity index is 341. The Morgan fingerprint density at radius 1 is 1.47 bits per heavy atom. The van der Waals surface area contributed by atoms with Gasteiger partial charge in [0, 0.05) is 6.54 Å². The molecule has 0 spiro atoms. The number of likely N-dealkylation sites (tertiary alicyclic amines) is 1. The zero-order valence-electron chi connectivity index (χ0n) is 8.32. The molecule has 0 radical (unpaired) electrons. The van der Waals surface area contributed by atoms with Gasteiger partial charge in [0.2, 0.25) is 0 Å². The van der Waals surface area contributed by atoms with E-state index >= 15 is 0 Å². The van der Waals surface area contributed by atoms with E-state index in [9.17, 15) is 4.39 Å². The molecular weight excluding hydrogens is 198 g/mol. The van der Waals surface area contributed by atoms with Crippen molar-refractivity contribution in [2.24, 2.45) is 0 Å². The van der Waals surface area contributed by atoms with Crippen LogP contribution in [0.3, 0.4) is 0 Å². The molecule has 1 N–H and O–H groups in total. The molecule has 1 aliphatic heterocycles. The van der Waals surface area contributed by atoms with E-state index in [1.807, 2.05) is 11.0 Å². The van der Waals surface area contributed by atoms with Gasteiger partial charge in [-0.15, -0.1) is 0 Å². The highest BCUT2D eigenvalue weighted by molar-refractivity contribution is 5.52. The fourth-order valence-electron chi connectivity index (χ4n) is 2.02. The van der Waals surface area contributed by atoms with Gasteiger partial charge in [-0.05, 0) is 30.5 Å². The summed E-state index contributed by atoms with van der Waals surface area (Å²) in [6.07, 6.45) is 3.44. The molecule has 82 valence electrons. The van der Waals surface area contributed by atoms with E-state index in [0.717, 1.165) is 24.9 Å². The number of nitrogens with one attached hydrogen (secondary N) is 1. The van der Waals surface area contributed by atoms with Crippen LogP contribution in [0.2, 0.25) is 0 Å². The molecule has 1 saturated heterocycles. The molecule has 1 unspecified atom stereocenters. The Balaban J connectivity index is 0.00000112. The number of hydrogen-bond acceptors (Lipinski definition) is 1. The lowest BCUT2D eigenvalue weighted by Gasteiger charge is -2.21. The minimum absolute atomic E-state index is 0. The molecule has 0 aliphatic carbocycles. The molecule has 0 bridgehead atoms. The van der Waals surface area contributed by atoms with Gasteiger partial charge in [-0.3, -0.25) is 10.1 Å². The standard InChI is InChI=1S/C11H13FN2.FH/c12-10-4-1-3-9(7-10)11-5-2-6-14(11)8-13;/h1,3-4,7-8,11,13H,2,5-6H2;1H. The van der Waals surface area contributed by atoms with Gasteiger partial charge >= 0.3 is 0 Å². The third-order valence-corrected chi connectivity index (χ3v) is 2.69. The third-order valence-electron chi connectivity index (χ3n) is 2.69. The molecule has 15 heavy (non-hydrogen) atoms. The zero-order chi connectivity index (χ0) is 9.97. The van der Waals surface area contributed by atoms with Crippen molar-refractivity contribution in [3.63, 3.8) is 0 Å². The molecule has 1 aromatic rings. The summed E-state index contributed by atoms with van der Waals surface area (Å²) in [4.78, 5) is 1.95. The van der Waals surface area contributed by atoms with Crippen LogP contribution in [0.5, 0.6) is 0 Å². The smallest absolute Gasteiger partial charge is 0.123 e. The van der Waals surface area contributed by atoms with Crippen molar-refractivity contribution in [1.82, 2.24) is 4.90 Å². The van der Waals surface area contributed by atoms with Crippen LogP contribution in [0.25, 0.3) is 0 Å². The largest absolute Gasteiger partial charge is 0.356 e. The predicted molar refractivity (Wildman–Crippen MR) is 56.4 cm³/mol. The predicted octanol–water partition coefficient (Wildman–Crippen LogP) is 2.72. The Labute approximate surface area is 87.6 Å². The fraction of sp³-hybridized carbons (Fsp3) is 0.364. The van der Waals surface area contributed by atoms with E-state index < -0.39 is 0 Å². The SMILES string of the molecule is F.N=CN1CCCC1c1cccc(F)c1. The van der Waals surface area contributed by atoms with Gasteiger partial charge in [0.1, 0.15) is 5.82 Å². The average Bonchev–Trinajstić information content (AvgIpc) is 2.65. The lowest BCUT2D eigenvalue weighted by Crippen LogP contribution is -2.20. The van der Waals surface area contributed by atoms with Crippen molar-refractivity contribution in [3.05, 3.63) is 35.6 Å². The first-order chi connectivity index (χ1) is 6.81. The molecule has 2 nitrogen and oxygen atoms in total. The second-order valence-electron chi connectivity index (χ2n) is 3.58. The fourth-order valence-corrected chi connectivity index (χ4v) is 2.02. The van der Waals surface area contributed by atoms with Gasteiger partial charge < -0.3 is 4.90 Å². The second kappa shape index (κ2) is 4.87. The van der Waals surface area contributed by atoms with Crippen molar-refractivity contribution >= 4 is 6.34 Å². The quantitative estimate of drug-likeness (QED) is 0.592. The molecule has 1 atom stereocenters. The maximum atomic E-state index is 13.0. The Morgan fingerprint density at radius 2 is 2.27 bits per heavy atom. The van der Waals surface area contributed by atoms with Crippen LogP contribution in [0, 0.1) is 11.2 Å². The van der Waals surface area contributed by atoms with E-state index in [1.165, 1.54) is 12.4 Å². The Hall–Kier alpha value is -1.45. The van der Waals surface area contributed by atoms with Gasteiger partial charge in [0.25, 0.3) is 0 Å². The minimum atomic E-state index is -0.195. The Kier molecular flexibility index (Phi) is 3.77. The summed E-state index contributed by atoms with van der Waals surface area (Å²) in [6, 6.07) is 6.86. The summed E-state index contributed by atoms with van der Waals surface area (Å²) >= 11 is 0. The second-order valence-corrected chi connectivity index (χ2v) is 3.58. The van der Waals surface area contributed by atoms with Crippen LogP contribution < -0.4 is 0 Å². The van der Waals surface area contributed by atoms with Crippen molar-refractivity contribution in [3.8, 4) is 0 Å². The van der Waals surface area contributed by atoms with Crippen LogP contribution in [0.1, 0.15) is 24.4 Å². The summed E-state index contributed by atoms with van der Waals surface area (Å²) in [5.41, 5.74) is 0.978. The summed E-state index contributed by atoms with van der Waals surface area (Å²) in [6.45, 7) is 0.907. The molecule has 0 amide bonds. The lowest BCUT2D eigenvalue weighted by molar-refractivity contribution is 0.408. The van der Waals surface area contributed by atoms with Gasteiger partial charge in [-0.2, -0.15) is 0 Å². The van der Waals surface area contributed by atoms with Gasteiger partial charge in [-0.1, -0.05) is 12.1 Å². The maximum Gasteiger partial charge on any atom is 0.123 e. The highest BCUT2D eigenvalue weighted by atomic mass is 19.1. The third kappa shape index (κ3) is 2.32. The first-order valence-electron chi connectivity index (χ1n) is 4.83. The highest BCUT2D eigenvalue weighted by Crippen LogP contribution is 2.30. The van der Waals surface area contributed by atoms with Crippen LogP contribution in [-0.4, -0.2) is 17.8 Å². The first-order valence-corrected chi connectivity index (χ1v) is 4.83. The van der Waals surface area contributed by atoms with E-state index in [-0.39, 0.29) is 16.6 Å². The Morgan fingerprint density at radius 3 is 2.93 bits per heavy atom. The van der Waals surface area contributed by atoms with Gasteiger partial charge in [0.05, 0.1) is 12.4 Å². The summed E-state index contributed by atoms with van der Waals surface area (Å²) in [5, 5.41) is 7.24. The van der Waals surface area contributed by atoms with E-state index in [4.69, 9.17) is 5.41 Å². The topological polar surface area (TPSA) is 27.1 Å². The van der Waals surface area contributed by atoms with Crippen LogP contribution in [0.15, 0.2) is 24.3 Å². The number of hydrogen-bond donors (Lipinski definition) is 1. The average molecular weight is 212 g/mol. The van der Waals surface area contributed by atoms with E-state index in [1.54, 1.807) is 12.1 Å². The molecular formula is C11H14F2N2. The molecule has 0 aromatic heterocycles. The number of nitrogens with zero attached hydrogens (tertiary/aromatic N) is 1. The van der Waals surface area contributed by atoms with Crippen molar-refractivity contribution in [1.29, 1.82) is 5.41 Å². The van der Waals surface area contributed by atoms with Gasteiger partial charge in [-0.25, -0.2) is 4.39 Å². The van der Waals surface area contributed by atoms with E-state index in [0.29, 0.717) is 0 Å². The van der Waals surface area contributed by atoms with Crippen LogP contribution in [0.4, 0.5) is 9.09 Å². The summed E-state index contributed by atoms with van der Waals surface area (Å²) in [5.74, 6) is -0.195. The van der Waals surface area contributed by atoms with E-state index in [2.05, 4.69) is 0 Å². The molecule has 1 aliphatic rings. The van der Waals surface area contributed by atoms with Crippen LogP contribution in [-0.2, 0) is 0 Å². The molecule has 1 heterocycles. The number of rotatable bonds is 2. The molecule has 4 heteroatoms. The summed E-state index contributed by atoms with van der Waals surface area (Å²) < 4.78 is 13.0. The normalized spacial score (nSPS) is 19.8. The number of halogens is 2. The lowest BCUT2D eigenvalue weighted by atomic mass is 10.0. The minimum Gasteiger partial charge on any atom is -0.356 e. The number of benzene rings is 1. The maximum absolute atomic E-state index is 13.0. The molecule has 2 rings (SSSR count). The van der Waals surface area contributed by atoms with Crippen molar-refractivity contribution in [2.75, 3.05) is 6.54 Å². The first kappa shape index (κ1) is 11.6. The molecule has 1 fully saturated rings. The van der Waals surface area contributed by atoms with Crippen LogP contribution >= 0.6 is 0 Å². The van der Waals surface area contributed by atoms with Crippen molar-refractivity contribution < 1.29 is 9.09 Å². The molecule has 0 saturated carbocycles. The van der Waals surface area contributed by atoms with Gasteiger partial charge in [0.15, 0.2) is 0 Å². The zero-order valence-corrected chi connectivity index (χ0v) is 8.32. The van der Waals surface area contributed by atoms with Crippen molar-refractivity contribution in [2.45, 2.75) is 18.9 Å². The highest BCUT2D eigenvalue weighted by Gasteiger charge is 2.23. The molecule has 1 aromatic carbocycles.